The Labute approximate surface area is 163 Å². The Morgan fingerprint density at radius 3 is 2.15 bits per heavy atom. The van der Waals surface area contributed by atoms with Crippen LogP contribution in [0.2, 0.25) is 0 Å². The van der Waals surface area contributed by atoms with Crippen LogP contribution in [0.15, 0.2) is 54.6 Å². The van der Waals surface area contributed by atoms with Crippen molar-refractivity contribution in [2.24, 2.45) is 0 Å². The number of rotatable bonds is 8. The van der Waals surface area contributed by atoms with Gasteiger partial charge < -0.3 is 4.90 Å². The second-order valence-electron chi connectivity index (χ2n) is 7.31. The lowest BCUT2D eigenvalue weighted by Crippen LogP contribution is -2.26. The smallest absolute Gasteiger partial charge is 0.215 e. The standard InChI is InChI=1S/C22H30N2O2S/c25-27(26,19-21-9-4-3-5-10-21)23-16-8-11-20-12-14-22(15-13-20)24-17-6-1-2-7-18-24/h3-5,9-10,12-15,23H,1-2,6-8,11,16-19H2. The number of nitrogens with one attached hydrogen (secondary N) is 1. The van der Waals surface area contributed by atoms with E-state index in [1.165, 1.54) is 36.9 Å². The van der Waals surface area contributed by atoms with Gasteiger partial charge in [0.25, 0.3) is 0 Å². The number of hydrogen-bond donors (Lipinski definition) is 1. The zero-order chi connectivity index (χ0) is 19.0. The SMILES string of the molecule is O=S(=O)(Cc1ccccc1)NCCCc1ccc(N2CCCCCC2)cc1. The highest BCUT2D eigenvalue weighted by Gasteiger charge is 2.11. The van der Waals surface area contributed by atoms with E-state index in [0.717, 1.165) is 31.5 Å². The van der Waals surface area contributed by atoms with Crippen LogP contribution in [-0.2, 0) is 22.2 Å². The largest absolute Gasteiger partial charge is 0.372 e. The summed E-state index contributed by atoms with van der Waals surface area (Å²) in [5.41, 5.74) is 3.38. The van der Waals surface area contributed by atoms with E-state index in [4.69, 9.17) is 0 Å². The highest BCUT2D eigenvalue weighted by molar-refractivity contribution is 7.88. The lowest BCUT2D eigenvalue weighted by atomic mass is 10.1. The predicted molar refractivity (Wildman–Crippen MR) is 113 cm³/mol. The first-order chi connectivity index (χ1) is 13.1. The molecule has 5 heteroatoms. The van der Waals surface area contributed by atoms with Gasteiger partial charge in [-0.05, 0) is 48.9 Å². The van der Waals surface area contributed by atoms with Gasteiger partial charge in [-0.15, -0.1) is 0 Å². The topological polar surface area (TPSA) is 49.4 Å². The van der Waals surface area contributed by atoms with Gasteiger partial charge in [-0.3, -0.25) is 0 Å². The highest BCUT2D eigenvalue weighted by atomic mass is 32.2. The van der Waals surface area contributed by atoms with E-state index < -0.39 is 10.0 Å². The van der Waals surface area contributed by atoms with Gasteiger partial charge in [-0.25, -0.2) is 13.1 Å². The molecular weight excluding hydrogens is 356 g/mol. The summed E-state index contributed by atoms with van der Waals surface area (Å²) in [5.74, 6) is 0.0401. The highest BCUT2D eigenvalue weighted by Crippen LogP contribution is 2.20. The van der Waals surface area contributed by atoms with E-state index in [9.17, 15) is 8.42 Å². The molecule has 4 nitrogen and oxygen atoms in total. The van der Waals surface area contributed by atoms with E-state index in [1.807, 2.05) is 30.3 Å². The second-order valence-corrected chi connectivity index (χ2v) is 9.12. The fourth-order valence-electron chi connectivity index (χ4n) is 3.57. The Balaban J connectivity index is 1.42. The molecule has 1 aliphatic rings. The van der Waals surface area contributed by atoms with E-state index in [0.29, 0.717) is 6.54 Å². The minimum atomic E-state index is -3.27. The van der Waals surface area contributed by atoms with Crippen LogP contribution in [0.25, 0.3) is 0 Å². The fraction of sp³-hybridized carbons (Fsp3) is 0.455. The van der Waals surface area contributed by atoms with Crippen molar-refractivity contribution >= 4 is 15.7 Å². The van der Waals surface area contributed by atoms with Crippen molar-refractivity contribution in [3.8, 4) is 0 Å². The minimum Gasteiger partial charge on any atom is -0.372 e. The zero-order valence-electron chi connectivity index (χ0n) is 15.9. The number of benzene rings is 2. The van der Waals surface area contributed by atoms with Crippen LogP contribution in [0.5, 0.6) is 0 Å². The lowest BCUT2D eigenvalue weighted by Gasteiger charge is -2.22. The van der Waals surface area contributed by atoms with E-state index in [2.05, 4.69) is 33.9 Å². The van der Waals surface area contributed by atoms with Crippen LogP contribution in [0, 0.1) is 0 Å². The van der Waals surface area contributed by atoms with Gasteiger partial charge in [-0.2, -0.15) is 0 Å². The molecular formula is C22H30N2O2S. The van der Waals surface area contributed by atoms with Gasteiger partial charge in [0.05, 0.1) is 5.75 Å². The van der Waals surface area contributed by atoms with E-state index in [-0.39, 0.29) is 5.75 Å². The third-order valence-electron chi connectivity index (χ3n) is 5.07. The van der Waals surface area contributed by atoms with Gasteiger partial charge in [0, 0.05) is 25.3 Å². The summed E-state index contributed by atoms with van der Waals surface area (Å²) in [4.78, 5) is 2.48. The van der Waals surface area contributed by atoms with Crippen LogP contribution in [0.1, 0.15) is 43.2 Å². The first kappa shape index (κ1) is 19.9. The number of aryl methyl sites for hydroxylation is 1. The predicted octanol–water partition coefficient (Wildman–Crippen LogP) is 4.12. The lowest BCUT2D eigenvalue weighted by molar-refractivity contribution is 0.578. The van der Waals surface area contributed by atoms with Crippen molar-refractivity contribution in [2.75, 3.05) is 24.5 Å². The molecule has 0 aromatic heterocycles. The molecule has 1 saturated heterocycles. The molecule has 0 spiro atoms. The van der Waals surface area contributed by atoms with Crippen molar-refractivity contribution in [2.45, 2.75) is 44.3 Å². The zero-order valence-corrected chi connectivity index (χ0v) is 16.8. The molecule has 2 aromatic rings. The molecule has 1 N–H and O–H groups in total. The van der Waals surface area contributed by atoms with Crippen LogP contribution >= 0.6 is 0 Å². The summed E-state index contributed by atoms with van der Waals surface area (Å²) < 4.78 is 27.0. The second kappa shape index (κ2) is 9.90. The maximum Gasteiger partial charge on any atom is 0.215 e. The van der Waals surface area contributed by atoms with Gasteiger partial charge >= 0.3 is 0 Å². The molecule has 0 aliphatic carbocycles. The van der Waals surface area contributed by atoms with Crippen molar-refractivity contribution in [3.05, 3.63) is 65.7 Å². The molecule has 1 heterocycles. The van der Waals surface area contributed by atoms with Gasteiger partial charge in [0.1, 0.15) is 0 Å². The molecule has 0 saturated carbocycles. The van der Waals surface area contributed by atoms with Gasteiger partial charge in [0.2, 0.25) is 10.0 Å². The van der Waals surface area contributed by atoms with Crippen LogP contribution in [0.4, 0.5) is 5.69 Å². The summed E-state index contributed by atoms with van der Waals surface area (Å²) >= 11 is 0. The van der Waals surface area contributed by atoms with Gasteiger partial charge in [-0.1, -0.05) is 55.3 Å². The minimum absolute atomic E-state index is 0.0401. The Morgan fingerprint density at radius 2 is 1.48 bits per heavy atom. The summed E-state index contributed by atoms with van der Waals surface area (Å²) in [6.07, 6.45) is 6.94. The Bertz CT molecular complexity index is 781. The summed E-state index contributed by atoms with van der Waals surface area (Å²) in [7, 11) is -3.27. The molecule has 0 radical (unpaired) electrons. The molecule has 0 bridgehead atoms. The first-order valence-corrected chi connectivity index (χ1v) is 11.6. The Kier molecular flexibility index (Phi) is 7.30. The summed E-state index contributed by atoms with van der Waals surface area (Å²) in [6, 6.07) is 18.1. The van der Waals surface area contributed by atoms with E-state index in [1.54, 1.807) is 0 Å². The average Bonchev–Trinajstić information content (AvgIpc) is 2.96. The number of hydrogen-bond acceptors (Lipinski definition) is 3. The quantitative estimate of drug-likeness (QED) is 0.694. The Hall–Kier alpha value is -1.85. The number of anilines is 1. The van der Waals surface area contributed by atoms with Crippen molar-refractivity contribution in [3.63, 3.8) is 0 Å². The van der Waals surface area contributed by atoms with Gasteiger partial charge in [0.15, 0.2) is 0 Å². The van der Waals surface area contributed by atoms with Crippen LogP contribution in [0.3, 0.4) is 0 Å². The summed E-state index contributed by atoms with van der Waals surface area (Å²) in [6.45, 7) is 2.79. The maximum atomic E-state index is 12.1. The Morgan fingerprint density at radius 1 is 0.815 bits per heavy atom. The summed E-state index contributed by atoms with van der Waals surface area (Å²) in [5, 5.41) is 0. The molecule has 1 aliphatic heterocycles. The third kappa shape index (κ3) is 6.67. The van der Waals surface area contributed by atoms with Crippen molar-refractivity contribution < 1.29 is 8.42 Å². The molecule has 0 amide bonds. The van der Waals surface area contributed by atoms with E-state index >= 15 is 0 Å². The molecule has 2 aromatic carbocycles. The molecule has 3 rings (SSSR count). The monoisotopic (exact) mass is 386 g/mol. The van der Waals surface area contributed by atoms with Crippen LogP contribution < -0.4 is 9.62 Å². The molecule has 27 heavy (non-hydrogen) atoms. The fourth-order valence-corrected chi connectivity index (χ4v) is 4.76. The number of nitrogens with zero attached hydrogens (tertiary/aromatic N) is 1. The van der Waals surface area contributed by atoms with Crippen molar-refractivity contribution in [1.82, 2.24) is 4.72 Å². The van der Waals surface area contributed by atoms with Crippen LogP contribution in [-0.4, -0.2) is 28.1 Å². The maximum absolute atomic E-state index is 12.1. The molecule has 146 valence electrons. The average molecular weight is 387 g/mol. The molecule has 0 unspecified atom stereocenters. The first-order valence-electron chi connectivity index (χ1n) is 9.97. The molecule has 0 atom stereocenters. The molecule has 1 fully saturated rings. The number of sulfonamides is 1. The normalized spacial score (nSPS) is 15.5. The third-order valence-corrected chi connectivity index (χ3v) is 6.43. The van der Waals surface area contributed by atoms with Crippen molar-refractivity contribution in [1.29, 1.82) is 0 Å².